The Morgan fingerprint density at radius 3 is 2.80 bits per heavy atom. The lowest BCUT2D eigenvalue weighted by Crippen LogP contribution is -2.52. The number of carbonyl (C=O) groups is 4. The molecule has 4 N–H and O–H groups in total. The summed E-state index contributed by atoms with van der Waals surface area (Å²) in [7, 11) is 1.56. The van der Waals surface area contributed by atoms with E-state index in [4.69, 9.17) is 4.74 Å². The van der Waals surface area contributed by atoms with Crippen LogP contribution in [0.4, 0.5) is 0 Å². The van der Waals surface area contributed by atoms with Gasteiger partial charge in [0.2, 0.25) is 17.7 Å². The number of hydrogen-bond acceptors (Lipinski definition) is 6. The molecule has 10 nitrogen and oxygen atoms in total. The first-order chi connectivity index (χ1) is 16.9. The number of ether oxygens (including phenoxy) is 1. The SMILES string of the molecule is COc1cccc2[nH]c(C(=O)N[C@@H](CC3CC3)C(=O)N[C@@]3(C#N)C4C[C@@H]5C(=O)NC(=O)[C@@H]5[C@H]43)cc12. The fourth-order valence-corrected chi connectivity index (χ4v) is 6.17. The number of aromatic amines is 1. The van der Waals surface area contributed by atoms with Gasteiger partial charge in [-0.25, -0.2) is 0 Å². The van der Waals surface area contributed by atoms with Gasteiger partial charge in [0.1, 0.15) is 23.0 Å². The van der Waals surface area contributed by atoms with Crippen LogP contribution in [-0.4, -0.2) is 47.3 Å². The predicted octanol–water partition coefficient (Wildman–Crippen LogP) is 0.992. The van der Waals surface area contributed by atoms with E-state index in [1.807, 2.05) is 12.1 Å². The smallest absolute Gasteiger partial charge is 0.268 e. The van der Waals surface area contributed by atoms with Gasteiger partial charge in [0.05, 0.1) is 25.0 Å². The Morgan fingerprint density at radius 2 is 2.09 bits per heavy atom. The van der Waals surface area contributed by atoms with E-state index in [1.165, 1.54) is 0 Å². The molecule has 0 radical (unpaired) electrons. The van der Waals surface area contributed by atoms with Crippen LogP contribution in [0.2, 0.25) is 0 Å². The van der Waals surface area contributed by atoms with Crippen LogP contribution in [0.1, 0.15) is 36.2 Å². The number of methoxy groups -OCH3 is 1. The maximum Gasteiger partial charge on any atom is 0.268 e. The topological polar surface area (TPSA) is 153 Å². The minimum Gasteiger partial charge on any atom is -0.496 e. The van der Waals surface area contributed by atoms with Crippen molar-refractivity contribution in [1.82, 2.24) is 20.9 Å². The van der Waals surface area contributed by atoms with Crippen LogP contribution in [0.25, 0.3) is 10.9 Å². The Labute approximate surface area is 200 Å². The van der Waals surface area contributed by atoms with Crippen LogP contribution < -0.4 is 20.7 Å². The Bertz CT molecular complexity index is 1320. The van der Waals surface area contributed by atoms with Gasteiger partial charge in [0.15, 0.2) is 0 Å². The normalized spacial score (nSPS) is 31.2. The summed E-state index contributed by atoms with van der Waals surface area (Å²) in [5, 5.41) is 18.8. The molecule has 35 heavy (non-hydrogen) atoms. The summed E-state index contributed by atoms with van der Waals surface area (Å²) in [5.41, 5.74) is -0.132. The molecule has 1 aliphatic heterocycles. The molecule has 3 saturated carbocycles. The molecule has 2 aromatic rings. The summed E-state index contributed by atoms with van der Waals surface area (Å²) in [6.07, 6.45) is 2.86. The molecule has 10 heteroatoms. The largest absolute Gasteiger partial charge is 0.496 e. The maximum absolute atomic E-state index is 13.4. The second-order valence-corrected chi connectivity index (χ2v) is 10.1. The summed E-state index contributed by atoms with van der Waals surface area (Å²) in [4.78, 5) is 53.8. The van der Waals surface area contributed by atoms with Crippen molar-refractivity contribution in [3.63, 3.8) is 0 Å². The maximum atomic E-state index is 13.4. The molecule has 1 saturated heterocycles. The van der Waals surface area contributed by atoms with E-state index in [9.17, 15) is 24.4 Å². The third kappa shape index (κ3) is 3.29. The number of benzene rings is 1. The Morgan fingerprint density at radius 1 is 1.29 bits per heavy atom. The summed E-state index contributed by atoms with van der Waals surface area (Å²) in [5.74, 6) is -2.16. The molecular formula is C25H25N5O5. The fourth-order valence-electron chi connectivity index (χ4n) is 6.17. The lowest BCUT2D eigenvalue weighted by Gasteiger charge is -2.23. The molecule has 2 heterocycles. The van der Waals surface area contributed by atoms with Crippen LogP contribution in [0, 0.1) is 40.9 Å². The number of fused-ring (bicyclic) bond motifs is 4. The van der Waals surface area contributed by atoms with Crippen LogP contribution in [0.15, 0.2) is 24.3 Å². The van der Waals surface area contributed by atoms with Crippen LogP contribution in [-0.2, 0) is 14.4 Å². The molecule has 4 fully saturated rings. The number of rotatable bonds is 7. The highest BCUT2D eigenvalue weighted by molar-refractivity contribution is 6.06. The fraction of sp³-hybridized carbons (Fsp3) is 0.480. The van der Waals surface area contributed by atoms with E-state index in [1.54, 1.807) is 19.2 Å². The molecule has 180 valence electrons. The van der Waals surface area contributed by atoms with Gasteiger partial charge in [0.25, 0.3) is 5.91 Å². The summed E-state index contributed by atoms with van der Waals surface area (Å²) in [6, 6.07) is 8.55. The number of H-pyrrole nitrogens is 1. The lowest BCUT2D eigenvalue weighted by molar-refractivity contribution is -0.127. The first-order valence-electron chi connectivity index (χ1n) is 11.9. The average Bonchev–Trinajstić information content (AvgIpc) is 3.58. The highest BCUT2D eigenvalue weighted by Gasteiger charge is 2.78. The Kier molecular flexibility index (Phi) is 4.68. The first kappa shape index (κ1) is 21.6. The number of nitriles is 1. The monoisotopic (exact) mass is 475 g/mol. The number of hydrogen-bond donors (Lipinski definition) is 4. The number of aromatic nitrogens is 1. The molecule has 0 bridgehead atoms. The molecule has 6 rings (SSSR count). The van der Waals surface area contributed by atoms with Crippen molar-refractivity contribution in [3.8, 4) is 11.8 Å². The van der Waals surface area contributed by atoms with Gasteiger partial charge in [0, 0.05) is 22.7 Å². The quantitative estimate of drug-likeness (QED) is 0.438. The van der Waals surface area contributed by atoms with Crippen LogP contribution in [0.5, 0.6) is 5.75 Å². The van der Waals surface area contributed by atoms with Crippen molar-refractivity contribution in [1.29, 1.82) is 5.26 Å². The number of imide groups is 1. The first-order valence-corrected chi connectivity index (χ1v) is 11.9. The van der Waals surface area contributed by atoms with Crippen LogP contribution >= 0.6 is 0 Å². The van der Waals surface area contributed by atoms with Gasteiger partial charge in [-0.3, -0.25) is 24.5 Å². The molecule has 1 aromatic carbocycles. The molecule has 1 unspecified atom stereocenters. The molecule has 0 spiro atoms. The second-order valence-electron chi connectivity index (χ2n) is 10.1. The van der Waals surface area contributed by atoms with E-state index in [0.29, 0.717) is 30.2 Å². The third-order valence-corrected chi connectivity index (χ3v) is 8.14. The van der Waals surface area contributed by atoms with Gasteiger partial charge in [-0.15, -0.1) is 0 Å². The van der Waals surface area contributed by atoms with Crippen LogP contribution in [0.3, 0.4) is 0 Å². The minimum atomic E-state index is -1.18. The predicted molar refractivity (Wildman–Crippen MR) is 122 cm³/mol. The van der Waals surface area contributed by atoms with E-state index in [0.717, 1.165) is 23.7 Å². The minimum absolute atomic E-state index is 0.236. The standard InChI is InChI=1S/C25H25N5O5/c1-35-18-4-2-3-15-12(18)9-17(27-15)22(32)28-16(7-11-5-6-11)23(33)30-25(10-26)14-8-13-19(20(14)25)24(34)29-21(13)31/h2-4,9,11,13-14,16,19-20,27H,5-8H2,1H3,(H,28,32)(H,30,33)(H,29,31,34)/t13-,14?,16-,19-,20-,25-/m0/s1. The highest BCUT2D eigenvalue weighted by atomic mass is 16.5. The number of nitrogens with one attached hydrogen (secondary N) is 4. The molecule has 1 aromatic heterocycles. The number of carbonyl (C=O) groups excluding carboxylic acids is 4. The van der Waals surface area contributed by atoms with Crippen molar-refractivity contribution in [2.75, 3.05) is 7.11 Å². The van der Waals surface area contributed by atoms with Gasteiger partial charge < -0.3 is 20.4 Å². The van der Waals surface area contributed by atoms with Gasteiger partial charge in [-0.2, -0.15) is 5.26 Å². The number of nitrogens with zero attached hydrogens (tertiary/aromatic N) is 1. The zero-order valence-electron chi connectivity index (χ0n) is 19.1. The van der Waals surface area contributed by atoms with Crippen molar-refractivity contribution >= 4 is 34.5 Å². The van der Waals surface area contributed by atoms with Crippen molar-refractivity contribution < 1.29 is 23.9 Å². The van der Waals surface area contributed by atoms with E-state index in [2.05, 4.69) is 27.0 Å². The third-order valence-electron chi connectivity index (χ3n) is 8.14. The van der Waals surface area contributed by atoms with Crippen molar-refractivity contribution in [2.24, 2.45) is 29.6 Å². The Hall–Kier alpha value is -3.87. The van der Waals surface area contributed by atoms with E-state index >= 15 is 0 Å². The van der Waals surface area contributed by atoms with Crippen molar-refractivity contribution in [2.45, 2.75) is 37.3 Å². The Balaban J connectivity index is 1.20. The number of amides is 4. The van der Waals surface area contributed by atoms with E-state index in [-0.39, 0.29) is 23.7 Å². The zero-order chi connectivity index (χ0) is 24.5. The lowest BCUT2D eigenvalue weighted by atomic mass is 9.88. The van der Waals surface area contributed by atoms with Gasteiger partial charge >= 0.3 is 0 Å². The van der Waals surface area contributed by atoms with Gasteiger partial charge in [-0.05, 0) is 37.0 Å². The molecule has 3 aliphatic carbocycles. The van der Waals surface area contributed by atoms with Crippen molar-refractivity contribution in [3.05, 3.63) is 30.0 Å². The summed E-state index contributed by atoms with van der Waals surface area (Å²) >= 11 is 0. The molecule has 6 atom stereocenters. The highest BCUT2D eigenvalue weighted by Crippen LogP contribution is 2.66. The summed E-state index contributed by atoms with van der Waals surface area (Å²) in [6.45, 7) is 0. The zero-order valence-corrected chi connectivity index (χ0v) is 19.1. The second kappa shape index (κ2) is 7.57. The molecule has 4 amide bonds. The van der Waals surface area contributed by atoms with E-state index < -0.39 is 35.2 Å². The van der Waals surface area contributed by atoms with Gasteiger partial charge in [-0.1, -0.05) is 18.9 Å². The average molecular weight is 476 g/mol. The molecular weight excluding hydrogens is 450 g/mol. The molecule has 4 aliphatic rings. The summed E-state index contributed by atoms with van der Waals surface area (Å²) < 4.78 is 5.36.